The van der Waals surface area contributed by atoms with Gasteiger partial charge in [0.1, 0.15) is 0 Å². The molecule has 0 spiro atoms. The summed E-state index contributed by atoms with van der Waals surface area (Å²) in [4.78, 5) is 24.7. The third-order valence-electron chi connectivity index (χ3n) is 3.65. The third-order valence-corrected chi connectivity index (χ3v) is 4.83. The molecule has 1 heterocycles. The SMILES string of the molecule is O=C(c1ccc(Cl)c(Cn2ncccc2=O)c1)c1c(Cl)cc(Cl)cc1Cl. The Morgan fingerprint density at radius 3 is 2.31 bits per heavy atom. The van der Waals surface area contributed by atoms with E-state index in [1.54, 1.807) is 24.3 Å². The number of hydrogen-bond acceptors (Lipinski definition) is 3. The van der Waals surface area contributed by atoms with Crippen molar-refractivity contribution < 1.29 is 4.79 Å². The highest BCUT2D eigenvalue weighted by Crippen LogP contribution is 2.31. The number of carbonyl (C=O) groups excluding carboxylic acids is 1. The monoisotopic (exact) mass is 426 g/mol. The van der Waals surface area contributed by atoms with Crippen molar-refractivity contribution in [3.8, 4) is 0 Å². The lowest BCUT2D eigenvalue weighted by atomic mass is 10.0. The Labute approximate surface area is 168 Å². The fourth-order valence-corrected chi connectivity index (χ4v) is 3.57. The van der Waals surface area contributed by atoms with Crippen LogP contribution in [0.1, 0.15) is 21.5 Å². The van der Waals surface area contributed by atoms with E-state index in [9.17, 15) is 9.59 Å². The molecule has 0 N–H and O–H groups in total. The van der Waals surface area contributed by atoms with E-state index in [4.69, 9.17) is 46.4 Å². The van der Waals surface area contributed by atoms with Crippen LogP contribution in [-0.2, 0) is 6.54 Å². The van der Waals surface area contributed by atoms with Crippen LogP contribution in [0.3, 0.4) is 0 Å². The van der Waals surface area contributed by atoms with Crippen LogP contribution in [0.15, 0.2) is 53.5 Å². The van der Waals surface area contributed by atoms with Crippen LogP contribution >= 0.6 is 46.4 Å². The lowest BCUT2D eigenvalue weighted by molar-refractivity contribution is 0.103. The zero-order valence-electron chi connectivity index (χ0n) is 13.0. The zero-order chi connectivity index (χ0) is 18.8. The molecule has 0 saturated heterocycles. The standard InChI is InChI=1S/C18H10Cl4N2O2/c19-12-7-14(21)17(15(22)8-12)18(26)10-3-4-13(20)11(6-10)9-24-16(25)2-1-5-23-24/h1-8H,9H2. The number of halogens is 4. The van der Waals surface area contributed by atoms with Gasteiger partial charge in [0.15, 0.2) is 5.78 Å². The summed E-state index contributed by atoms with van der Waals surface area (Å²) in [5.41, 5.74) is 0.782. The minimum Gasteiger partial charge on any atom is -0.288 e. The van der Waals surface area contributed by atoms with Gasteiger partial charge in [-0.1, -0.05) is 46.4 Å². The Bertz CT molecular complexity index is 1040. The molecule has 0 aliphatic carbocycles. The lowest BCUT2D eigenvalue weighted by Gasteiger charge is -2.10. The molecule has 0 unspecified atom stereocenters. The topological polar surface area (TPSA) is 52.0 Å². The molecule has 0 radical (unpaired) electrons. The Balaban J connectivity index is 2.01. The van der Waals surface area contributed by atoms with Gasteiger partial charge in [-0.2, -0.15) is 5.10 Å². The highest BCUT2D eigenvalue weighted by molar-refractivity contribution is 6.43. The van der Waals surface area contributed by atoms with Gasteiger partial charge in [-0.15, -0.1) is 0 Å². The van der Waals surface area contributed by atoms with Crippen LogP contribution in [0, 0.1) is 0 Å². The van der Waals surface area contributed by atoms with Gasteiger partial charge in [-0.25, -0.2) is 4.68 Å². The summed E-state index contributed by atoms with van der Waals surface area (Å²) in [7, 11) is 0. The second-order valence-corrected chi connectivity index (χ2v) is 7.06. The van der Waals surface area contributed by atoms with Crippen LogP contribution in [0.25, 0.3) is 0 Å². The minimum atomic E-state index is -0.372. The van der Waals surface area contributed by atoms with Gasteiger partial charge in [0.2, 0.25) is 0 Å². The van der Waals surface area contributed by atoms with Crippen molar-refractivity contribution in [3.05, 3.63) is 95.8 Å². The van der Waals surface area contributed by atoms with Crippen LogP contribution in [-0.4, -0.2) is 15.6 Å². The Morgan fingerprint density at radius 1 is 0.962 bits per heavy atom. The van der Waals surface area contributed by atoms with E-state index in [1.165, 1.54) is 29.1 Å². The number of nitrogens with zero attached hydrogens (tertiary/aromatic N) is 2. The minimum absolute atomic E-state index is 0.127. The van der Waals surface area contributed by atoms with Crippen molar-refractivity contribution in [3.63, 3.8) is 0 Å². The molecule has 0 amide bonds. The van der Waals surface area contributed by atoms with Crippen LogP contribution in [0.4, 0.5) is 0 Å². The molecule has 1 aromatic heterocycles. The fourth-order valence-electron chi connectivity index (χ4n) is 2.41. The van der Waals surface area contributed by atoms with Gasteiger partial charge < -0.3 is 0 Å². The summed E-state index contributed by atoms with van der Waals surface area (Å²) in [6.45, 7) is 0.127. The van der Waals surface area contributed by atoms with Crippen molar-refractivity contribution in [2.24, 2.45) is 0 Å². The number of rotatable bonds is 4. The molecule has 3 rings (SSSR count). The quantitative estimate of drug-likeness (QED) is 0.542. The number of ketones is 1. The number of hydrogen-bond donors (Lipinski definition) is 0. The smallest absolute Gasteiger partial charge is 0.267 e. The Hall–Kier alpha value is -1.85. The first kappa shape index (κ1) is 18.9. The molecule has 2 aromatic carbocycles. The molecule has 0 aliphatic rings. The summed E-state index contributed by atoms with van der Waals surface area (Å²) in [5.74, 6) is -0.372. The predicted molar refractivity (Wildman–Crippen MR) is 104 cm³/mol. The maximum Gasteiger partial charge on any atom is 0.267 e. The predicted octanol–water partition coefficient (Wildman–Crippen LogP) is 5.14. The molecule has 0 atom stereocenters. The van der Waals surface area contributed by atoms with Gasteiger partial charge >= 0.3 is 0 Å². The molecule has 0 saturated carbocycles. The highest BCUT2D eigenvalue weighted by atomic mass is 35.5. The van der Waals surface area contributed by atoms with E-state index in [2.05, 4.69) is 5.10 Å². The van der Waals surface area contributed by atoms with Gasteiger partial charge in [0, 0.05) is 27.9 Å². The number of aromatic nitrogens is 2. The molecule has 132 valence electrons. The summed E-state index contributed by atoms with van der Waals surface area (Å²) in [6, 6.07) is 10.6. The molecule has 0 bridgehead atoms. The zero-order valence-corrected chi connectivity index (χ0v) is 16.1. The second kappa shape index (κ2) is 7.80. The molecular formula is C18H10Cl4N2O2. The van der Waals surface area contributed by atoms with Crippen LogP contribution < -0.4 is 5.56 Å². The number of benzene rings is 2. The molecule has 26 heavy (non-hydrogen) atoms. The van der Waals surface area contributed by atoms with Crippen molar-refractivity contribution in [2.45, 2.75) is 6.54 Å². The average molecular weight is 428 g/mol. The van der Waals surface area contributed by atoms with Crippen molar-refractivity contribution in [1.29, 1.82) is 0 Å². The average Bonchev–Trinajstić information content (AvgIpc) is 2.57. The van der Waals surface area contributed by atoms with Gasteiger partial charge in [0.25, 0.3) is 5.56 Å². The summed E-state index contributed by atoms with van der Waals surface area (Å²) < 4.78 is 1.25. The Kier molecular flexibility index (Phi) is 5.68. The number of carbonyl (C=O) groups is 1. The van der Waals surface area contributed by atoms with E-state index < -0.39 is 0 Å². The van der Waals surface area contributed by atoms with E-state index in [-0.39, 0.29) is 33.5 Å². The van der Waals surface area contributed by atoms with E-state index in [0.717, 1.165) is 0 Å². The van der Waals surface area contributed by atoms with E-state index in [0.29, 0.717) is 21.2 Å². The first-order valence-corrected chi connectivity index (χ1v) is 8.88. The van der Waals surface area contributed by atoms with Crippen LogP contribution in [0.5, 0.6) is 0 Å². The van der Waals surface area contributed by atoms with E-state index >= 15 is 0 Å². The summed E-state index contributed by atoms with van der Waals surface area (Å²) in [6.07, 6.45) is 1.50. The normalized spacial score (nSPS) is 10.8. The second-order valence-electron chi connectivity index (χ2n) is 5.40. The Morgan fingerprint density at radius 2 is 1.65 bits per heavy atom. The van der Waals surface area contributed by atoms with Crippen LogP contribution in [0.2, 0.25) is 20.1 Å². The molecule has 0 aliphatic heterocycles. The fraction of sp³-hybridized carbons (Fsp3) is 0.0556. The molecule has 4 nitrogen and oxygen atoms in total. The van der Waals surface area contributed by atoms with Gasteiger partial charge in [0.05, 0.1) is 22.2 Å². The molecule has 8 heteroatoms. The van der Waals surface area contributed by atoms with Crippen molar-refractivity contribution in [2.75, 3.05) is 0 Å². The van der Waals surface area contributed by atoms with Crippen molar-refractivity contribution in [1.82, 2.24) is 9.78 Å². The van der Waals surface area contributed by atoms with Gasteiger partial charge in [-0.3, -0.25) is 9.59 Å². The van der Waals surface area contributed by atoms with Gasteiger partial charge in [-0.05, 0) is 42.0 Å². The molecular weight excluding hydrogens is 418 g/mol. The molecule has 0 fully saturated rings. The summed E-state index contributed by atoms with van der Waals surface area (Å²) >= 11 is 24.4. The summed E-state index contributed by atoms with van der Waals surface area (Å²) in [5, 5.41) is 5.05. The highest BCUT2D eigenvalue weighted by Gasteiger charge is 2.19. The first-order chi connectivity index (χ1) is 12.4. The maximum absolute atomic E-state index is 12.8. The van der Waals surface area contributed by atoms with E-state index in [1.807, 2.05) is 0 Å². The first-order valence-electron chi connectivity index (χ1n) is 7.36. The van der Waals surface area contributed by atoms with Crippen molar-refractivity contribution >= 4 is 52.2 Å². The largest absolute Gasteiger partial charge is 0.288 e. The third kappa shape index (κ3) is 3.94. The lowest BCUT2D eigenvalue weighted by Crippen LogP contribution is -2.22. The maximum atomic E-state index is 12.8. The molecule has 3 aromatic rings.